The number of para-hydroxylation sites is 1. The summed E-state index contributed by atoms with van der Waals surface area (Å²) in [5, 5.41) is 0.974. The maximum atomic E-state index is 5.98. The molecule has 0 atom stereocenters. The Morgan fingerprint density at radius 2 is 2.10 bits per heavy atom. The van der Waals surface area contributed by atoms with Gasteiger partial charge < -0.3 is 10.5 Å². The Morgan fingerprint density at radius 3 is 2.86 bits per heavy atom. The summed E-state index contributed by atoms with van der Waals surface area (Å²) in [4.78, 5) is 4.58. The fraction of sp³-hybridized carbons (Fsp3) is 0.188. The third-order valence-electron chi connectivity index (χ3n) is 3.21. The van der Waals surface area contributed by atoms with Crippen molar-refractivity contribution in [2.24, 2.45) is 5.73 Å². The van der Waals surface area contributed by atoms with Gasteiger partial charge in [-0.3, -0.25) is 0 Å². The molecule has 0 fully saturated rings. The average Bonchev–Trinajstić information content (AvgIpc) is 2.88. The van der Waals surface area contributed by atoms with Crippen molar-refractivity contribution < 1.29 is 4.74 Å². The normalized spacial score (nSPS) is 11.0. The second-order valence-corrected chi connectivity index (χ2v) is 6.81. The molecule has 0 amide bonds. The Labute approximate surface area is 135 Å². The molecule has 0 saturated carbocycles. The molecule has 0 spiro atoms. The first-order valence-corrected chi connectivity index (χ1v) is 8.24. The van der Waals surface area contributed by atoms with Gasteiger partial charge in [-0.25, -0.2) is 4.98 Å². The SMILES string of the molecule is Cc1cc(Br)cc(CN)c1OCc1nc2ccccc2s1. The first-order valence-electron chi connectivity index (χ1n) is 6.63. The summed E-state index contributed by atoms with van der Waals surface area (Å²) in [5.74, 6) is 0.861. The van der Waals surface area contributed by atoms with Gasteiger partial charge >= 0.3 is 0 Å². The van der Waals surface area contributed by atoms with Gasteiger partial charge in [-0.1, -0.05) is 28.1 Å². The van der Waals surface area contributed by atoms with E-state index >= 15 is 0 Å². The van der Waals surface area contributed by atoms with E-state index in [0.29, 0.717) is 13.2 Å². The second kappa shape index (κ2) is 6.13. The summed E-state index contributed by atoms with van der Waals surface area (Å²) in [6, 6.07) is 12.2. The fourth-order valence-electron chi connectivity index (χ4n) is 2.27. The molecule has 21 heavy (non-hydrogen) atoms. The molecule has 2 aromatic carbocycles. The third kappa shape index (κ3) is 3.10. The highest BCUT2D eigenvalue weighted by Crippen LogP contribution is 2.29. The number of nitrogens with two attached hydrogens (primary N) is 1. The van der Waals surface area contributed by atoms with Crippen LogP contribution in [0.3, 0.4) is 0 Å². The number of rotatable bonds is 4. The number of aryl methyl sites for hydroxylation is 1. The highest BCUT2D eigenvalue weighted by atomic mass is 79.9. The van der Waals surface area contributed by atoms with Crippen LogP contribution in [0, 0.1) is 6.92 Å². The van der Waals surface area contributed by atoms with Gasteiger partial charge in [0.2, 0.25) is 0 Å². The number of aromatic nitrogens is 1. The first-order chi connectivity index (χ1) is 10.2. The van der Waals surface area contributed by atoms with E-state index < -0.39 is 0 Å². The zero-order chi connectivity index (χ0) is 14.8. The Hall–Kier alpha value is -1.43. The lowest BCUT2D eigenvalue weighted by Gasteiger charge is -2.13. The molecule has 0 bridgehead atoms. The molecule has 3 rings (SSSR count). The quantitative estimate of drug-likeness (QED) is 0.747. The van der Waals surface area contributed by atoms with Crippen molar-refractivity contribution in [3.8, 4) is 5.75 Å². The lowest BCUT2D eigenvalue weighted by molar-refractivity contribution is 0.300. The molecule has 5 heteroatoms. The number of halogens is 1. The van der Waals surface area contributed by atoms with Crippen LogP contribution in [0.15, 0.2) is 40.9 Å². The van der Waals surface area contributed by atoms with Crippen molar-refractivity contribution in [1.82, 2.24) is 4.98 Å². The summed E-state index contributed by atoms with van der Waals surface area (Å²) in [7, 11) is 0. The number of hydrogen-bond acceptors (Lipinski definition) is 4. The molecule has 1 heterocycles. The van der Waals surface area contributed by atoms with Crippen LogP contribution in [-0.4, -0.2) is 4.98 Å². The number of hydrogen-bond donors (Lipinski definition) is 1. The molecule has 2 N–H and O–H groups in total. The lowest BCUT2D eigenvalue weighted by Crippen LogP contribution is -2.04. The van der Waals surface area contributed by atoms with E-state index in [4.69, 9.17) is 10.5 Å². The van der Waals surface area contributed by atoms with Crippen molar-refractivity contribution >= 4 is 37.5 Å². The minimum Gasteiger partial charge on any atom is -0.486 e. The molecule has 3 aromatic rings. The average molecular weight is 363 g/mol. The topological polar surface area (TPSA) is 48.1 Å². The van der Waals surface area contributed by atoms with E-state index in [-0.39, 0.29) is 0 Å². The van der Waals surface area contributed by atoms with Gasteiger partial charge in [0.05, 0.1) is 10.2 Å². The monoisotopic (exact) mass is 362 g/mol. The van der Waals surface area contributed by atoms with Gasteiger partial charge in [0.15, 0.2) is 0 Å². The molecular formula is C16H15BrN2OS. The summed E-state index contributed by atoms with van der Waals surface area (Å²) in [5.41, 5.74) is 8.90. The van der Waals surface area contributed by atoms with E-state index in [1.54, 1.807) is 11.3 Å². The van der Waals surface area contributed by atoms with Crippen LogP contribution in [0.1, 0.15) is 16.1 Å². The van der Waals surface area contributed by atoms with Gasteiger partial charge in [-0.2, -0.15) is 0 Å². The molecule has 0 aliphatic rings. The van der Waals surface area contributed by atoms with Crippen molar-refractivity contribution in [2.75, 3.05) is 0 Å². The fourth-order valence-corrected chi connectivity index (χ4v) is 3.77. The Kier molecular flexibility index (Phi) is 4.24. The molecule has 0 aliphatic carbocycles. The van der Waals surface area contributed by atoms with Crippen LogP contribution in [0.2, 0.25) is 0 Å². The van der Waals surface area contributed by atoms with E-state index in [1.807, 2.05) is 37.3 Å². The van der Waals surface area contributed by atoms with Gasteiger partial charge in [0.1, 0.15) is 17.4 Å². The van der Waals surface area contributed by atoms with Crippen LogP contribution in [0.5, 0.6) is 5.75 Å². The van der Waals surface area contributed by atoms with Gasteiger partial charge in [-0.15, -0.1) is 11.3 Å². The molecule has 3 nitrogen and oxygen atoms in total. The maximum Gasteiger partial charge on any atom is 0.140 e. The zero-order valence-electron chi connectivity index (χ0n) is 11.6. The van der Waals surface area contributed by atoms with Gasteiger partial charge in [0, 0.05) is 16.6 Å². The zero-order valence-corrected chi connectivity index (χ0v) is 14.0. The van der Waals surface area contributed by atoms with Crippen LogP contribution in [-0.2, 0) is 13.2 Å². The Bertz CT molecular complexity index is 752. The van der Waals surface area contributed by atoms with Crippen molar-refractivity contribution in [3.63, 3.8) is 0 Å². The number of thiazole rings is 1. The van der Waals surface area contributed by atoms with E-state index in [9.17, 15) is 0 Å². The van der Waals surface area contributed by atoms with Crippen LogP contribution >= 0.6 is 27.3 Å². The van der Waals surface area contributed by atoms with E-state index in [2.05, 4.69) is 27.0 Å². The summed E-state index contributed by atoms with van der Waals surface area (Å²) < 4.78 is 8.18. The maximum absolute atomic E-state index is 5.98. The highest BCUT2D eigenvalue weighted by Gasteiger charge is 2.10. The smallest absolute Gasteiger partial charge is 0.140 e. The molecule has 0 saturated heterocycles. The Balaban J connectivity index is 1.84. The van der Waals surface area contributed by atoms with Crippen LogP contribution in [0.25, 0.3) is 10.2 Å². The molecule has 0 unspecified atom stereocenters. The molecular weight excluding hydrogens is 348 g/mol. The minimum absolute atomic E-state index is 0.454. The predicted molar refractivity (Wildman–Crippen MR) is 90.7 cm³/mol. The van der Waals surface area contributed by atoms with Crippen molar-refractivity contribution in [2.45, 2.75) is 20.1 Å². The number of ether oxygens (including phenoxy) is 1. The van der Waals surface area contributed by atoms with E-state index in [1.165, 1.54) is 4.70 Å². The second-order valence-electron chi connectivity index (χ2n) is 4.78. The highest BCUT2D eigenvalue weighted by molar-refractivity contribution is 9.10. The van der Waals surface area contributed by atoms with Gasteiger partial charge in [-0.05, 0) is 36.8 Å². The Morgan fingerprint density at radius 1 is 1.29 bits per heavy atom. The van der Waals surface area contributed by atoms with E-state index in [0.717, 1.165) is 31.9 Å². The minimum atomic E-state index is 0.454. The number of nitrogens with zero attached hydrogens (tertiary/aromatic N) is 1. The van der Waals surface area contributed by atoms with Gasteiger partial charge in [0.25, 0.3) is 0 Å². The van der Waals surface area contributed by atoms with Crippen molar-refractivity contribution in [1.29, 1.82) is 0 Å². The molecule has 1 aromatic heterocycles. The summed E-state index contributed by atoms with van der Waals surface area (Å²) >= 11 is 5.15. The standard InChI is InChI=1S/C16H15BrN2OS/c1-10-6-12(17)7-11(8-18)16(10)20-9-15-19-13-4-2-3-5-14(13)21-15/h2-7H,8-9,18H2,1H3. The summed E-state index contributed by atoms with van der Waals surface area (Å²) in [6.07, 6.45) is 0. The summed E-state index contributed by atoms with van der Waals surface area (Å²) in [6.45, 7) is 2.95. The first kappa shape index (κ1) is 14.5. The predicted octanol–water partition coefficient (Wildman–Crippen LogP) is 4.40. The molecule has 0 radical (unpaired) electrons. The largest absolute Gasteiger partial charge is 0.486 e. The number of benzene rings is 2. The number of fused-ring (bicyclic) bond motifs is 1. The van der Waals surface area contributed by atoms with Crippen LogP contribution < -0.4 is 10.5 Å². The van der Waals surface area contributed by atoms with Crippen molar-refractivity contribution in [3.05, 3.63) is 57.0 Å². The molecule has 108 valence electrons. The van der Waals surface area contributed by atoms with Crippen LogP contribution in [0.4, 0.5) is 0 Å². The molecule has 0 aliphatic heterocycles. The lowest BCUT2D eigenvalue weighted by atomic mass is 10.1. The third-order valence-corrected chi connectivity index (χ3v) is 4.68.